The van der Waals surface area contributed by atoms with Gasteiger partial charge in [-0.15, -0.1) is 0 Å². The molecule has 2 aromatic carbocycles. The summed E-state index contributed by atoms with van der Waals surface area (Å²) in [6.07, 6.45) is 0. The van der Waals surface area contributed by atoms with Crippen molar-refractivity contribution in [2.24, 2.45) is 7.05 Å². The number of nitrogens with one attached hydrogen (secondary N) is 1. The number of para-hydroxylation sites is 2. The van der Waals surface area contributed by atoms with E-state index in [1.807, 2.05) is 66.2 Å². The maximum absolute atomic E-state index is 12.4. The van der Waals surface area contributed by atoms with E-state index in [0.29, 0.717) is 5.82 Å². The quantitative estimate of drug-likeness (QED) is 0.770. The van der Waals surface area contributed by atoms with E-state index in [9.17, 15) is 8.42 Å². The van der Waals surface area contributed by atoms with Crippen molar-refractivity contribution in [3.05, 3.63) is 66.0 Å². The first-order valence-corrected chi connectivity index (χ1v) is 9.00. The lowest BCUT2D eigenvalue weighted by Gasteiger charge is -2.21. The Labute approximate surface area is 141 Å². The van der Waals surface area contributed by atoms with E-state index >= 15 is 0 Å². The lowest BCUT2D eigenvalue weighted by molar-refractivity contribution is 0.493. The highest BCUT2D eigenvalue weighted by atomic mass is 32.2. The van der Waals surface area contributed by atoms with E-state index in [-0.39, 0.29) is 0 Å². The van der Waals surface area contributed by atoms with E-state index in [4.69, 9.17) is 0 Å². The zero-order valence-corrected chi connectivity index (χ0v) is 14.7. The number of aryl methyl sites for hydroxylation is 1. The number of benzene rings is 2. The Morgan fingerprint density at radius 3 is 2.29 bits per heavy atom. The van der Waals surface area contributed by atoms with Crippen molar-refractivity contribution in [3.8, 4) is 0 Å². The normalized spacial score (nSPS) is 13.5. The Morgan fingerprint density at radius 1 is 1.04 bits per heavy atom. The topological polar surface area (TPSA) is 67.2 Å². The van der Waals surface area contributed by atoms with Crippen molar-refractivity contribution in [3.63, 3.8) is 0 Å². The molecule has 3 aromatic rings. The van der Waals surface area contributed by atoms with Crippen LogP contribution in [0.2, 0.25) is 0 Å². The van der Waals surface area contributed by atoms with Gasteiger partial charge in [0.15, 0.2) is 0 Å². The molecule has 6 nitrogen and oxygen atoms in total. The average molecular weight is 344 g/mol. The second-order valence-electron chi connectivity index (χ2n) is 5.77. The summed E-state index contributed by atoms with van der Waals surface area (Å²) < 4.78 is 30.6. The minimum atomic E-state index is -3.62. The summed E-state index contributed by atoms with van der Waals surface area (Å²) in [7, 11) is 1.27. The number of imidazole rings is 1. The highest BCUT2D eigenvalue weighted by molar-refractivity contribution is 7.87. The minimum absolute atomic E-state index is 0.573. The van der Waals surface area contributed by atoms with E-state index in [0.717, 1.165) is 20.9 Å². The maximum atomic E-state index is 12.4. The molecule has 0 aliphatic carbocycles. The van der Waals surface area contributed by atoms with Gasteiger partial charge in [-0.3, -0.25) is 0 Å². The molecule has 0 spiro atoms. The number of fused-ring (bicyclic) bond motifs is 1. The van der Waals surface area contributed by atoms with Crippen LogP contribution in [0, 0.1) is 0 Å². The lowest BCUT2D eigenvalue weighted by Crippen LogP contribution is -2.39. The molecule has 1 atom stereocenters. The van der Waals surface area contributed by atoms with Crippen LogP contribution in [0.4, 0.5) is 0 Å². The monoisotopic (exact) mass is 344 g/mol. The highest BCUT2D eigenvalue weighted by Crippen LogP contribution is 2.25. The van der Waals surface area contributed by atoms with Crippen LogP contribution in [0.5, 0.6) is 0 Å². The molecule has 0 saturated heterocycles. The van der Waals surface area contributed by atoms with Gasteiger partial charge in [0.2, 0.25) is 0 Å². The molecule has 1 aromatic heterocycles. The van der Waals surface area contributed by atoms with Crippen molar-refractivity contribution in [2.75, 3.05) is 14.1 Å². The molecule has 0 bridgehead atoms. The van der Waals surface area contributed by atoms with Gasteiger partial charge in [-0.25, -0.2) is 4.98 Å². The minimum Gasteiger partial charge on any atom is -0.329 e. The van der Waals surface area contributed by atoms with Crippen LogP contribution in [0.25, 0.3) is 11.0 Å². The second kappa shape index (κ2) is 6.35. The fourth-order valence-corrected chi connectivity index (χ4v) is 3.34. The number of hydrogen-bond donors (Lipinski definition) is 1. The number of rotatable bonds is 5. The SMILES string of the molecule is CN(C)S(=O)(=O)N[C@H](c1ccccc1)c1nc2ccccc2n1C. The summed E-state index contributed by atoms with van der Waals surface area (Å²) in [5.74, 6) is 0.646. The molecule has 126 valence electrons. The molecule has 7 heteroatoms. The maximum Gasteiger partial charge on any atom is 0.279 e. The van der Waals surface area contributed by atoms with Gasteiger partial charge in [0.1, 0.15) is 11.9 Å². The van der Waals surface area contributed by atoms with Crippen LogP contribution in [-0.2, 0) is 17.3 Å². The van der Waals surface area contributed by atoms with Crippen molar-refractivity contribution in [1.82, 2.24) is 18.6 Å². The summed E-state index contributed by atoms with van der Waals surface area (Å²) in [5.41, 5.74) is 2.62. The van der Waals surface area contributed by atoms with Crippen LogP contribution in [0.15, 0.2) is 54.6 Å². The third-order valence-corrected chi connectivity index (χ3v) is 5.46. The lowest BCUT2D eigenvalue weighted by atomic mass is 10.1. The van der Waals surface area contributed by atoms with E-state index in [2.05, 4.69) is 9.71 Å². The summed E-state index contributed by atoms with van der Waals surface area (Å²) >= 11 is 0. The first-order valence-electron chi connectivity index (χ1n) is 7.56. The third kappa shape index (κ3) is 3.06. The summed E-state index contributed by atoms with van der Waals surface area (Å²) in [4.78, 5) is 4.65. The van der Waals surface area contributed by atoms with Crippen molar-refractivity contribution in [1.29, 1.82) is 0 Å². The van der Waals surface area contributed by atoms with Crippen LogP contribution in [-0.4, -0.2) is 36.4 Å². The Hall–Kier alpha value is -2.22. The van der Waals surface area contributed by atoms with Gasteiger partial charge >= 0.3 is 0 Å². The average Bonchev–Trinajstić information content (AvgIpc) is 2.90. The van der Waals surface area contributed by atoms with Crippen LogP contribution >= 0.6 is 0 Å². The standard InChI is InChI=1S/C17H20N4O2S/c1-20(2)24(22,23)19-16(13-9-5-4-6-10-13)17-18-14-11-7-8-12-15(14)21(17)3/h4-12,16,19H,1-3H3/t16-/m1/s1. The van der Waals surface area contributed by atoms with Gasteiger partial charge < -0.3 is 4.57 Å². The van der Waals surface area contributed by atoms with Gasteiger partial charge in [-0.05, 0) is 17.7 Å². The fraction of sp³-hybridized carbons (Fsp3) is 0.235. The molecule has 24 heavy (non-hydrogen) atoms. The van der Waals surface area contributed by atoms with Crippen LogP contribution in [0.3, 0.4) is 0 Å². The molecule has 0 radical (unpaired) electrons. The predicted octanol–water partition coefficient (Wildman–Crippen LogP) is 2.06. The largest absolute Gasteiger partial charge is 0.329 e. The molecule has 3 rings (SSSR count). The molecule has 0 fully saturated rings. The predicted molar refractivity (Wildman–Crippen MR) is 94.7 cm³/mol. The molecular formula is C17H20N4O2S. The van der Waals surface area contributed by atoms with Crippen molar-refractivity contribution < 1.29 is 8.42 Å². The van der Waals surface area contributed by atoms with Gasteiger partial charge in [0.05, 0.1) is 11.0 Å². The molecule has 1 heterocycles. The van der Waals surface area contributed by atoms with Gasteiger partial charge in [-0.1, -0.05) is 42.5 Å². The Morgan fingerprint density at radius 2 is 1.67 bits per heavy atom. The zero-order chi connectivity index (χ0) is 17.3. The first-order chi connectivity index (χ1) is 11.4. The number of nitrogens with zero attached hydrogens (tertiary/aromatic N) is 3. The summed E-state index contributed by atoms with van der Waals surface area (Å²) in [6.45, 7) is 0. The molecule has 0 aliphatic rings. The summed E-state index contributed by atoms with van der Waals surface area (Å²) in [5, 5.41) is 0. The smallest absolute Gasteiger partial charge is 0.279 e. The second-order valence-corrected chi connectivity index (χ2v) is 7.68. The Kier molecular flexibility index (Phi) is 4.40. The molecule has 0 saturated carbocycles. The van der Waals surface area contributed by atoms with E-state index in [1.165, 1.54) is 14.1 Å². The van der Waals surface area contributed by atoms with Gasteiger partial charge in [-0.2, -0.15) is 17.4 Å². The van der Waals surface area contributed by atoms with Gasteiger partial charge in [0, 0.05) is 21.1 Å². The highest BCUT2D eigenvalue weighted by Gasteiger charge is 2.26. The number of aromatic nitrogens is 2. The molecule has 0 amide bonds. The van der Waals surface area contributed by atoms with Crippen molar-refractivity contribution >= 4 is 21.2 Å². The summed E-state index contributed by atoms with van der Waals surface area (Å²) in [6, 6.07) is 16.6. The van der Waals surface area contributed by atoms with Gasteiger partial charge in [0.25, 0.3) is 10.2 Å². The third-order valence-electron chi connectivity index (χ3n) is 3.96. The molecular weight excluding hydrogens is 324 g/mol. The van der Waals surface area contributed by atoms with Crippen molar-refractivity contribution in [2.45, 2.75) is 6.04 Å². The van der Waals surface area contributed by atoms with Crippen LogP contribution in [0.1, 0.15) is 17.4 Å². The molecule has 0 unspecified atom stereocenters. The zero-order valence-electron chi connectivity index (χ0n) is 13.8. The molecule has 1 N–H and O–H groups in total. The van der Waals surface area contributed by atoms with E-state index < -0.39 is 16.3 Å². The first kappa shape index (κ1) is 16.6. The Balaban J connectivity index is 2.15. The fourth-order valence-electron chi connectivity index (χ4n) is 2.59. The molecule has 0 aliphatic heterocycles. The van der Waals surface area contributed by atoms with E-state index in [1.54, 1.807) is 0 Å². The Bertz CT molecular complexity index is 949. The van der Waals surface area contributed by atoms with Crippen LogP contribution < -0.4 is 4.72 Å². The number of hydrogen-bond acceptors (Lipinski definition) is 3.